The molecule has 2 N–H and O–H groups in total. The van der Waals surface area contributed by atoms with E-state index in [0.29, 0.717) is 13.1 Å². The van der Waals surface area contributed by atoms with Gasteiger partial charge < -0.3 is 15.5 Å². The third-order valence-corrected chi connectivity index (χ3v) is 4.22. The summed E-state index contributed by atoms with van der Waals surface area (Å²) < 4.78 is 0. The average Bonchev–Trinajstić information content (AvgIpc) is 2.92. The topological polar surface area (TPSA) is 57.3 Å². The zero-order valence-corrected chi connectivity index (χ0v) is 12.7. The first-order valence-corrected chi connectivity index (χ1v) is 7.90. The fourth-order valence-electron chi connectivity index (χ4n) is 2.33. The first-order chi connectivity index (χ1) is 10.3. The number of carbonyl (C=O) groups is 1. The van der Waals surface area contributed by atoms with Crippen molar-refractivity contribution in [3.63, 3.8) is 0 Å². The first kappa shape index (κ1) is 13.9. The van der Waals surface area contributed by atoms with Crippen molar-refractivity contribution in [2.75, 3.05) is 28.6 Å². The average molecular weight is 302 g/mol. The van der Waals surface area contributed by atoms with Gasteiger partial charge in [-0.15, -0.1) is 11.3 Å². The van der Waals surface area contributed by atoms with E-state index in [4.69, 9.17) is 0 Å². The van der Waals surface area contributed by atoms with E-state index in [1.807, 2.05) is 30.5 Å². The second kappa shape index (κ2) is 6.13. The Morgan fingerprint density at radius 2 is 2.29 bits per heavy atom. The van der Waals surface area contributed by atoms with Gasteiger partial charge in [0, 0.05) is 17.6 Å². The maximum absolute atomic E-state index is 11.8. The van der Waals surface area contributed by atoms with Gasteiger partial charge >= 0.3 is 0 Å². The third-order valence-electron chi connectivity index (χ3n) is 3.28. The van der Waals surface area contributed by atoms with Gasteiger partial charge in [0.15, 0.2) is 5.13 Å². The molecule has 0 aliphatic carbocycles. The van der Waals surface area contributed by atoms with Crippen LogP contribution >= 0.6 is 11.3 Å². The van der Waals surface area contributed by atoms with Crippen LogP contribution in [0.3, 0.4) is 0 Å². The highest BCUT2D eigenvalue weighted by Crippen LogP contribution is 2.31. The van der Waals surface area contributed by atoms with Gasteiger partial charge in [0.25, 0.3) is 0 Å². The van der Waals surface area contributed by atoms with Gasteiger partial charge in [-0.3, -0.25) is 4.79 Å². The Morgan fingerprint density at radius 1 is 1.43 bits per heavy atom. The Hall–Kier alpha value is -2.08. The molecule has 0 atom stereocenters. The van der Waals surface area contributed by atoms with Gasteiger partial charge in [0.05, 0.1) is 24.5 Å². The van der Waals surface area contributed by atoms with Crippen LogP contribution in [0.15, 0.2) is 30.5 Å². The number of hydrogen-bond donors (Lipinski definition) is 2. The number of carbonyl (C=O) groups excluding carboxylic acids is 1. The molecule has 1 aromatic heterocycles. The number of anilines is 3. The van der Waals surface area contributed by atoms with E-state index in [2.05, 4.69) is 27.4 Å². The lowest BCUT2D eigenvalue weighted by atomic mass is 10.2. The lowest BCUT2D eigenvalue weighted by Crippen LogP contribution is -2.37. The maximum atomic E-state index is 11.8. The van der Waals surface area contributed by atoms with E-state index >= 15 is 0 Å². The van der Waals surface area contributed by atoms with Gasteiger partial charge in [-0.1, -0.05) is 19.1 Å². The van der Waals surface area contributed by atoms with Gasteiger partial charge in [-0.2, -0.15) is 0 Å². The molecule has 2 heterocycles. The number of amides is 1. The van der Waals surface area contributed by atoms with Crippen LogP contribution in [-0.4, -0.2) is 24.0 Å². The molecule has 1 aliphatic heterocycles. The summed E-state index contributed by atoms with van der Waals surface area (Å²) in [6.45, 7) is 4.15. The Bertz CT molecular complexity index is 640. The van der Waals surface area contributed by atoms with Crippen LogP contribution in [0.5, 0.6) is 0 Å². The van der Waals surface area contributed by atoms with Crippen molar-refractivity contribution >= 4 is 33.8 Å². The number of para-hydroxylation sites is 2. The van der Waals surface area contributed by atoms with Crippen LogP contribution in [0.25, 0.3) is 0 Å². The van der Waals surface area contributed by atoms with E-state index in [1.165, 1.54) is 0 Å². The Morgan fingerprint density at radius 3 is 3.14 bits per heavy atom. The van der Waals surface area contributed by atoms with E-state index in [-0.39, 0.29) is 5.91 Å². The van der Waals surface area contributed by atoms with Crippen LogP contribution in [0.2, 0.25) is 0 Å². The largest absolute Gasteiger partial charge is 0.362 e. The second-order valence-corrected chi connectivity index (χ2v) is 6.10. The zero-order valence-electron chi connectivity index (χ0n) is 11.9. The van der Waals surface area contributed by atoms with E-state index in [0.717, 1.165) is 34.3 Å². The molecule has 3 rings (SSSR count). The number of thiazole rings is 1. The normalized spacial score (nSPS) is 13.8. The molecule has 6 heteroatoms. The predicted octanol–water partition coefficient (Wildman–Crippen LogP) is 2.92. The third kappa shape index (κ3) is 3.16. The highest BCUT2D eigenvalue weighted by molar-refractivity contribution is 7.15. The van der Waals surface area contributed by atoms with Crippen LogP contribution in [-0.2, 0) is 11.3 Å². The van der Waals surface area contributed by atoms with Crippen molar-refractivity contribution in [3.05, 3.63) is 35.3 Å². The fourth-order valence-corrected chi connectivity index (χ4v) is 3.18. The highest BCUT2D eigenvalue weighted by Gasteiger charge is 2.22. The summed E-state index contributed by atoms with van der Waals surface area (Å²) in [5.74, 6) is 0.0301. The van der Waals surface area contributed by atoms with Crippen molar-refractivity contribution in [1.29, 1.82) is 0 Å². The fraction of sp³-hybridized carbons (Fsp3) is 0.333. The molecule has 5 nitrogen and oxygen atoms in total. The van der Waals surface area contributed by atoms with Crippen LogP contribution in [0.4, 0.5) is 16.5 Å². The SMILES string of the molecule is CCCNc1ncc(CN2CC(=O)Nc3ccccc32)s1. The standard InChI is InChI=1S/C15H18N4OS/c1-2-7-16-15-17-8-11(21-15)9-19-10-14(20)18-12-5-3-4-6-13(12)19/h3-6,8H,2,7,9-10H2,1H3,(H,16,17)(H,18,20). The molecule has 0 fully saturated rings. The monoisotopic (exact) mass is 302 g/mol. The molecule has 0 bridgehead atoms. The minimum atomic E-state index is 0.0301. The number of rotatable bonds is 5. The van der Waals surface area contributed by atoms with E-state index in [9.17, 15) is 4.79 Å². The van der Waals surface area contributed by atoms with Crippen molar-refractivity contribution < 1.29 is 4.79 Å². The van der Waals surface area contributed by atoms with E-state index in [1.54, 1.807) is 11.3 Å². The van der Waals surface area contributed by atoms with Crippen molar-refractivity contribution in [1.82, 2.24) is 4.98 Å². The molecule has 0 spiro atoms. The molecule has 1 aliphatic rings. The lowest BCUT2D eigenvalue weighted by Gasteiger charge is -2.30. The number of nitrogens with zero attached hydrogens (tertiary/aromatic N) is 2. The minimum Gasteiger partial charge on any atom is -0.362 e. The summed E-state index contributed by atoms with van der Waals surface area (Å²) in [5.41, 5.74) is 1.94. The molecule has 21 heavy (non-hydrogen) atoms. The highest BCUT2D eigenvalue weighted by atomic mass is 32.1. The van der Waals surface area contributed by atoms with Gasteiger partial charge in [-0.25, -0.2) is 4.98 Å². The molecular weight excluding hydrogens is 284 g/mol. The predicted molar refractivity (Wildman–Crippen MR) is 87.0 cm³/mol. The Kier molecular flexibility index (Phi) is 4.06. The number of hydrogen-bond acceptors (Lipinski definition) is 5. The van der Waals surface area contributed by atoms with E-state index < -0.39 is 0 Å². The molecule has 110 valence electrons. The van der Waals surface area contributed by atoms with Crippen molar-refractivity contribution in [3.8, 4) is 0 Å². The molecule has 0 radical (unpaired) electrons. The Labute approximate surface area is 128 Å². The summed E-state index contributed by atoms with van der Waals surface area (Å²) in [7, 11) is 0. The van der Waals surface area contributed by atoms with Crippen LogP contribution in [0, 0.1) is 0 Å². The van der Waals surface area contributed by atoms with Gasteiger partial charge in [0.2, 0.25) is 5.91 Å². The molecule has 2 aromatic rings. The maximum Gasteiger partial charge on any atom is 0.243 e. The summed E-state index contributed by atoms with van der Waals surface area (Å²) in [4.78, 5) is 19.4. The van der Waals surface area contributed by atoms with Crippen molar-refractivity contribution in [2.24, 2.45) is 0 Å². The molecule has 0 saturated carbocycles. The molecule has 0 saturated heterocycles. The van der Waals surface area contributed by atoms with Gasteiger partial charge in [-0.05, 0) is 18.6 Å². The summed E-state index contributed by atoms with van der Waals surface area (Å²) in [6.07, 6.45) is 2.96. The van der Waals surface area contributed by atoms with Gasteiger partial charge in [0.1, 0.15) is 0 Å². The summed E-state index contributed by atoms with van der Waals surface area (Å²) in [6, 6.07) is 7.89. The molecule has 1 amide bonds. The van der Waals surface area contributed by atoms with Crippen LogP contribution in [0.1, 0.15) is 18.2 Å². The number of nitrogens with one attached hydrogen (secondary N) is 2. The smallest absolute Gasteiger partial charge is 0.243 e. The Balaban J connectivity index is 1.75. The second-order valence-electron chi connectivity index (χ2n) is 4.98. The zero-order chi connectivity index (χ0) is 14.7. The summed E-state index contributed by atoms with van der Waals surface area (Å²) in [5, 5.41) is 7.14. The van der Waals surface area contributed by atoms with Crippen molar-refractivity contribution in [2.45, 2.75) is 19.9 Å². The molecule has 0 unspecified atom stereocenters. The number of aromatic nitrogens is 1. The quantitative estimate of drug-likeness (QED) is 0.891. The molecule has 1 aromatic carbocycles. The minimum absolute atomic E-state index is 0.0301. The summed E-state index contributed by atoms with van der Waals surface area (Å²) >= 11 is 1.65. The van der Waals surface area contributed by atoms with Crippen LogP contribution < -0.4 is 15.5 Å². The number of benzene rings is 1. The number of fused-ring (bicyclic) bond motifs is 1. The lowest BCUT2D eigenvalue weighted by molar-refractivity contribution is -0.115. The molecular formula is C15H18N4OS. The first-order valence-electron chi connectivity index (χ1n) is 7.08.